The predicted octanol–water partition coefficient (Wildman–Crippen LogP) is 4.54. The number of aromatic nitrogens is 2. The van der Waals surface area contributed by atoms with Crippen LogP contribution >= 0.6 is 34.3 Å². The average molecular weight is 409 g/mol. The van der Waals surface area contributed by atoms with Gasteiger partial charge in [0.25, 0.3) is 5.91 Å². The molecule has 0 spiro atoms. The van der Waals surface area contributed by atoms with E-state index in [1.807, 2.05) is 47.0 Å². The van der Waals surface area contributed by atoms with E-state index in [0.717, 1.165) is 33.0 Å². The molecule has 0 saturated heterocycles. The molecule has 0 atom stereocenters. The predicted molar refractivity (Wildman–Crippen MR) is 111 cm³/mol. The normalized spacial score (nSPS) is 11.5. The fraction of sp³-hybridized carbons (Fsp3) is 0.389. The van der Waals surface area contributed by atoms with Crippen LogP contribution in [0.25, 0.3) is 10.2 Å². The molecule has 0 saturated carbocycles. The summed E-state index contributed by atoms with van der Waals surface area (Å²) in [5, 5.41) is 2.23. The molecule has 0 unspecified atom stereocenters. The second kappa shape index (κ2) is 7.60. The Kier molecular flexibility index (Phi) is 5.62. The van der Waals surface area contributed by atoms with E-state index >= 15 is 0 Å². The molecule has 0 aliphatic rings. The number of rotatable bonds is 5. The van der Waals surface area contributed by atoms with Crippen LogP contribution in [0.4, 0.5) is 5.13 Å². The maximum atomic E-state index is 13.3. The van der Waals surface area contributed by atoms with Crippen LogP contribution in [0.5, 0.6) is 0 Å². The van der Waals surface area contributed by atoms with E-state index in [9.17, 15) is 4.79 Å². The molecule has 8 heteroatoms. The first kappa shape index (κ1) is 19.2. The largest absolute Gasteiger partial charge is 0.308 e. The highest BCUT2D eigenvalue weighted by molar-refractivity contribution is 7.23. The first-order valence-corrected chi connectivity index (χ1v) is 10.2. The number of aryl methyl sites for hydroxylation is 3. The van der Waals surface area contributed by atoms with Crippen molar-refractivity contribution in [1.82, 2.24) is 14.9 Å². The Morgan fingerprint density at radius 3 is 2.42 bits per heavy atom. The molecule has 0 aliphatic heterocycles. The van der Waals surface area contributed by atoms with Gasteiger partial charge < -0.3 is 4.90 Å². The number of fused-ring (bicyclic) bond motifs is 1. The molecule has 1 aromatic carbocycles. The number of anilines is 1. The van der Waals surface area contributed by atoms with Gasteiger partial charge in [-0.3, -0.25) is 9.69 Å². The molecule has 0 fully saturated rings. The summed E-state index contributed by atoms with van der Waals surface area (Å²) in [7, 11) is 3.98. The Morgan fingerprint density at radius 2 is 1.85 bits per heavy atom. The third-order valence-electron chi connectivity index (χ3n) is 4.03. The number of halogens is 1. The number of amides is 1. The van der Waals surface area contributed by atoms with Crippen molar-refractivity contribution in [2.45, 2.75) is 20.8 Å². The quantitative estimate of drug-likeness (QED) is 0.621. The molecule has 0 aliphatic carbocycles. The zero-order valence-electron chi connectivity index (χ0n) is 15.5. The van der Waals surface area contributed by atoms with Gasteiger partial charge >= 0.3 is 0 Å². The number of nitrogens with zero attached hydrogens (tertiary/aromatic N) is 4. The topological polar surface area (TPSA) is 49.3 Å². The smallest absolute Gasteiger partial charge is 0.272 e. The van der Waals surface area contributed by atoms with Gasteiger partial charge in [-0.2, -0.15) is 0 Å². The zero-order valence-corrected chi connectivity index (χ0v) is 17.8. The Labute approximate surface area is 166 Å². The first-order valence-electron chi connectivity index (χ1n) is 8.24. The van der Waals surface area contributed by atoms with E-state index in [-0.39, 0.29) is 5.91 Å². The van der Waals surface area contributed by atoms with Gasteiger partial charge in [0, 0.05) is 13.1 Å². The maximum absolute atomic E-state index is 13.3. The molecule has 0 radical (unpaired) electrons. The monoisotopic (exact) mass is 408 g/mol. The summed E-state index contributed by atoms with van der Waals surface area (Å²) in [6, 6.07) is 3.83. The van der Waals surface area contributed by atoms with Crippen LogP contribution in [0.15, 0.2) is 12.1 Å². The molecule has 0 bridgehead atoms. The van der Waals surface area contributed by atoms with Crippen LogP contribution in [-0.4, -0.2) is 48.0 Å². The van der Waals surface area contributed by atoms with Gasteiger partial charge in [0.15, 0.2) is 5.13 Å². The van der Waals surface area contributed by atoms with Crippen LogP contribution in [-0.2, 0) is 0 Å². The molecule has 2 heterocycles. The Morgan fingerprint density at radius 1 is 1.12 bits per heavy atom. The van der Waals surface area contributed by atoms with E-state index < -0.39 is 0 Å². The van der Waals surface area contributed by atoms with Crippen LogP contribution in [0.3, 0.4) is 0 Å². The number of hydrogen-bond donors (Lipinski definition) is 0. The number of carbonyl (C=O) groups excluding carboxylic acids is 1. The lowest BCUT2D eigenvalue weighted by molar-refractivity contribution is 0.0988. The molecule has 1 amide bonds. The molecule has 2 aromatic heterocycles. The van der Waals surface area contributed by atoms with Gasteiger partial charge in [-0.1, -0.05) is 29.0 Å². The minimum Gasteiger partial charge on any atom is -0.308 e. The zero-order chi connectivity index (χ0) is 19.0. The Balaban J connectivity index is 2.06. The molecule has 3 aromatic rings. The minimum atomic E-state index is -0.0530. The molecular formula is C18H21ClN4OS2. The summed E-state index contributed by atoms with van der Waals surface area (Å²) in [5.74, 6) is -0.0530. The van der Waals surface area contributed by atoms with E-state index in [2.05, 4.69) is 9.88 Å². The highest BCUT2D eigenvalue weighted by Crippen LogP contribution is 2.36. The van der Waals surface area contributed by atoms with Gasteiger partial charge in [-0.15, -0.1) is 11.3 Å². The summed E-state index contributed by atoms with van der Waals surface area (Å²) in [6.07, 6.45) is 0. The van der Waals surface area contributed by atoms with Crippen LogP contribution in [0, 0.1) is 20.8 Å². The van der Waals surface area contributed by atoms with E-state index in [4.69, 9.17) is 16.6 Å². The fourth-order valence-electron chi connectivity index (χ4n) is 2.64. The van der Waals surface area contributed by atoms with E-state index in [0.29, 0.717) is 21.6 Å². The van der Waals surface area contributed by atoms with Crippen molar-refractivity contribution in [3.05, 3.63) is 38.3 Å². The van der Waals surface area contributed by atoms with E-state index in [1.54, 1.807) is 4.90 Å². The molecule has 138 valence electrons. The summed E-state index contributed by atoms with van der Waals surface area (Å²) in [5.41, 5.74) is 2.68. The van der Waals surface area contributed by atoms with Crippen molar-refractivity contribution < 1.29 is 4.79 Å². The lowest BCUT2D eigenvalue weighted by atomic mass is 10.2. The van der Waals surface area contributed by atoms with Crippen LogP contribution < -0.4 is 4.90 Å². The molecular weight excluding hydrogens is 388 g/mol. The van der Waals surface area contributed by atoms with Gasteiger partial charge in [0.05, 0.1) is 25.9 Å². The second-order valence-corrected chi connectivity index (χ2v) is 9.03. The summed E-state index contributed by atoms with van der Waals surface area (Å²) in [6.45, 7) is 7.09. The van der Waals surface area contributed by atoms with Crippen molar-refractivity contribution >= 4 is 55.5 Å². The summed E-state index contributed by atoms with van der Waals surface area (Å²) in [4.78, 5) is 26.9. The van der Waals surface area contributed by atoms with Gasteiger partial charge in [0.1, 0.15) is 4.88 Å². The van der Waals surface area contributed by atoms with Gasteiger partial charge in [-0.25, -0.2) is 9.97 Å². The van der Waals surface area contributed by atoms with Gasteiger partial charge in [-0.05, 0) is 46.5 Å². The van der Waals surface area contributed by atoms with Crippen molar-refractivity contribution in [3.8, 4) is 0 Å². The minimum absolute atomic E-state index is 0.0530. The van der Waals surface area contributed by atoms with Crippen molar-refractivity contribution in [2.24, 2.45) is 0 Å². The third-order valence-corrected chi connectivity index (χ3v) is 6.63. The van der Waals surface area contributed by atoms with Crippen LogP contribution in [0.1, 0.15) is 25.9 Å². The molecule has 5 nitrogen and oxygen atoms in total. The summed E-state index contributed by atoms with van der Waals surface area (Å²) < 4.78 is 0.918. The first-order chi connectivity index (χ1) is 12.3. The second-order valence-electron chi connectivity index (χ2n) is 6.45. The third kappa shape index (κ3) is 3.76. The number of hydrogen-bond acceptors (Lipinski definition) is 6. The Hall–Kier alpha value is -1.54. The van der Waals surface area contributed by atoms with Crippen LogP contribution in [0.2, 0.25) is 5.02 Å². The fourth-order valence-corrected chi connectivity index (χ4v) is 4.85. The number of thiazole rings is 2. The standard InChI is InChI=1S/C18H21ClN4OS2/c1-10-6-7-13(19)16-14(10)21-18(26-16)23(9-8-22(4)5)17(24)15-11(2)20-12(3)25-15/h6-7H,8-9H2,1-5H3. The average Bonchev–Trinajstić information content (AvgIpc) is 3.15. The number of likely N-dealkylation sites (N-methyl/N-ethyl adjacent to an activating group) is 1. The maximum Gasteiger partial charge on any atom is 0.272 e. The number of carbonyl (C=O) groups is 1. The van der Waals surface area contributed by atoms with Gasteiger partial charge in [0.2, 0.25) is 0 Å². The van der Waals surface area contributed by atoms with Crippen molar-refractivity contribution in [3.63, 3.8) is 0 Å². The van der Waals surface area contributed by atoms with E-state index in [1.165, 1.54) is 22.7 Å². The lowest BCUT2D eigenvalue weighted by Gasteiger charge is -2.21. The Bertz CT molecular complexity index is 925. The molecule has 3 rings (SSSR count). The SMILES string of the molecule is Cc1nc(C)c(C(=O)N(CCN(C)C)c2nc3c(C)ccc(Cl)c3s2)s1. The summed E-state index contributed by atoms with van der Waals surface area (Å²) >= 11 is 9.24. The van der Waals surface area contributed by atoms with Crippen molar-refractivity contribution in [1.29, 1.82) is 0 Å². The number of benzene rings is 1. The lowest BCUT2D eigenvalue weighted by Crippen LogP contribution is -2.36. The van der Waals surface area contributed by atoms with Crippen molar-refractivity contribution in [2.75, 3.05) is 32.1 Å². The highest BCUT2D eigenvalue weighted by Gasteiger charge is 2.25. The highest BCUT2D eigenvalue weighted by atomic mass is 35.5. The molecule has 26 heavy (non-hydrogen) atoms. The molecule has 0 N–H and O–H groups in total.